The lowest BCUT2D eigenvalue weighted by atomic mass is 10.1. The molecule has 0 bridgehead atoms. The Morgan fingerprint density at radius 1 is 1.11 bits per heavy atom. The van der Waals surface area contributed by atoms with Gasteiger partial charge in [-0.05, 0) is 31.9 Å². The summed E-state index contributed by atoms with van der Waals surface area (Å²) in [5.41, 5.74) is 3.95. The van der Waals surface area contributed by atoms with Gasteiger partial charge in [-0.15, -0.1) is 0 Å². The van der Waals surface area contributed by atoms with E-state index in [1.807, 2.05) is 30.3 Å². The van der Waals surface area contributed by atoms with Crippen LogP contribution in [0, 0.1) is 6.92 Å². The highest BCUT2D eigenvalue weighted by Gasteiger charge is 2.17. The summed E-state index contributed by atoms with van der Waals surface area (Å²) in [4.78, 5) is 17.0. The SMILES string of the molecule is Cc1ccc(-c2cc(OCC(=O)NC3CCCC3)c3ccccc3n2)cc1. The first kappa shape index (κ1) is 17.5. The Morgan fingerprint density at radius 2 is 1.85 bits per heavy atom. The number of carbonyl (C=O) groups excluding carboxylic acids is 1. The second-order valence-electron chi connectivity index (χ2n) is 7.23. The highest BCUT2D eigenvalue weighted by molar-refractivity contribution is 5.88. The lowest BCUT2D eigenvalue weighted by molar-refractivity contribution is -0.123. The molecule has 0 unspecified atom stereocenters. The third-order valence-corrected chi connectivity index (χ3v) is 5.10. The number of benzene rings is 2. The summed E-state index contributed by atoms with van der Waals surface area (Å²) in [6, 6.07) is 18.4. The Balaban J connectivity index is 1.58. The topological polar surface area (TPSA) is 51.2 Å². The van der Waals surface area contributed by atoms with Gasteiger partial charge in [0.2, 0.25) is 0 Å². The van der Waals surface area contributed by atoms with Crippen LogP contribution in [0.4, 0.5) is 0 Å². The molecule has 1 aliphatic carbocycles. The second-order valence-corrected chi connectivity index (χ2v) is 7.23. The zero-order valence-electron chi connectivity index (χ0n) is 15.6. The average molecular weight is 360 g/mol. The molecule has 1 aromatic heterocycles. The first-order valence-corrected chi connectivity index (χ1v) is 9.58. The molecule has 0 radical (unpaired) electrons. The quantitative estimate of drug-likeness (QED) is 0.721. The van der Waals surface area contributed by atoms with Crippen molar-refractivity contribution in [2.75, 3.05) is 6.61 Å². The minimum atomic E-state index is -0.0559. The van der Waals surface area contributed by atoms with Gasteiger partial charge in [0.1, 0.15) is 5.75 Å². The van der Waals surface area contributed by atoms with Crippen molar-refractivity contribution in [3.63, 3.8) is 0 Å². The van der Waals surface area contributed by atoms with Crippen molar-refractivity contribution in [3.05, 3.63) is 60.2 Å². The van der Waals surface area contributed by atoms with Crippen LogP contribution in [0.2, 0.25) is 0 Å². The van der Waals surface area contributed by atoms with E-state index in [1.54, 1.807) is 0 Å². The monoisotopic (exact) mass is 360 g/mol. The zero-order valence-corrected chi connectivity index (χ0v) is 15.6. The van der Waals surface area contributed by atoms with Crippen LogP contribution in [0.3, 0.4) is 0 Å². The number of pyridine rings is 1. The van der Waals surface area contributed by atoms with Crippen molar-refractivity contribution in [2.24, 2.45) is 0 Å². The summed E-state index contributed by atoms with van der Waals surface area (Å²) in [5, 5.41) is 3.99. The van der Waals surface area contributed by atoms with Crippen LogP contribution in [0.5, 0.6) is 5.75 Å². The Labute approximate surface area is 159 Å². The van der Waals surface area contributed by atoms with E-state index in [0.717, 1.165) is 35.0 Å². The second kappa shape index (κ2) is 7.78. The molecule has 0 aliphatic heterocycles. The smallest absolute Gasteiger partial charge is 0.258 e. The Bertz CT molecular complexity index is 944. The van der Waals surface area contributed by atoms with Crippen molar-refractivity contribution in [3.8, 4) is 17.0 Å². The molecule has 0 spiro atoms. The number of rotatable bonds is 5. The summed E-state index contributed by atoms with van der Waals surface area (Å²) in [6.07, 6.45) is 4.53. The van der Waals surface area contributed by atoms with Gasteiger partial charge in [-0.25, -0.2) is 4.98 Å². The maximum absolute atomic E-state index is 12.2. The van der Waals surface area contributed by atoms with Crippen LogP contribution in [-0.4, -0.2) is 23.5 Å². The number of fused-ring (bicyclic) bond motifs is 1. The summed E-state index contributed by atoms with van der Waals surface area (Å²) in [5.74, 6) is 0.637. The fraction of sp³-hybridized carbons (Fsp3) is 0.304. The number of amides is 1. The number of aryl methyl sites for hydroxylation is 1. The van der Waals surface area contributed by atoms with Crippen LogP contribution < -0.4 is 10.1 Å². The highest BCUT2D eigenvalue weighted by atomic mass is 16.5. The van der Waals surface area contributed by atoms with Gasteiger partial charge in [0, 0.05) is 23.1 Å². The van der Waals surface area contributed by atoms with Crippen LogP contribution in [-0.2, 0) is 4.79 Å². The van der Waals surface area contributed by atoms with Gasteiger partial charge in [0.05, 0.1) is 11.2 Å². The number of nitrogens with one attached hydrogen (secondary N) is 1. The predicted molar refractivity (Wildman–Crippen MR) is 108 cm³/mol. The van der Waals surface area contributed by atoms with E-state index in [1.165, 1.54) is 18.4 Å². The molecule has 138 valence electrons. The van der Waals surface area contributed by atoms with Crippen LogP contribution in [0.1, 0.15) is 31.2 Å². The van der Waals surface area contributed by atoms with Gasteiger partial charge < -0.3 is 10.1 Å². The number of para-hydroxylation sites is 1. The maximum Gasteiger partial charge on any atom is 0.258 e. The van der Waals surface area contributed by atoms with Gasteiger partial charge in [-0.3, -0.25) is 4.79 Å². The van der Waals surface area contributed by atoms with Crippen LogP contribution in [0.25, 0.3) is 22.2 Å². The molecular formula is C23H24N2O2. The molecular weight excluding hydrogens is 336 g/mol. The molecule has 1 heterocycles. The van der Waals surface area contributed by atoms with Crippen molar-refractivity contribution >= 4 is 16.8 Å². The van der Waals surface area contributed by atoms with E-state index in [-0.39, 0.29) is 12.5 Å². The third kappa shape index (κ3) is 4.11. The van der Waals surface area contributed by atoms with Crippen LogP contribution >= 0.6 is 0 Å². The first-order valence-electron chi connectivity index (χ1n) is 9.58. The molecule has 4 heteroatoms. The number of ether oxygens (including phenoxy) is 1. The van der Waals surface area contributed by atoms with E-state index in [0.29, 0.717) is 11.8 Å². The van der Waals surface area contributed by atoms with Gasteiger partial charge in [0.25, 0.3) is 5.91 Å². The standard InChI is InChI=1S/C23H24N2O2/c1-16-10-12-17(13-11-16)21-14-22(19-8-4-5-9-20(19)25-21)27-15-23(26)24-18-6-2-3-7-18/h4-5,8-14,18H,2-3,6-7,15H2,1H3,(H,24,26). The molecule has 1 amide bonds. The normalized spacial score (nSPS) is 14.4. The predicted octanol–water partition coefficient (Wildman–Crippen LogP) is 4.65. The summed E-state index contributed by atoms with van der Waals surface area (Å²) >= 11 is 0. The van der Waals surface area contributed by atoms with Crippen molar-refractivity contribution in [1.29, 1.82) is 0 Å². The molecule has 1 N–H and O–H groups in total. The van der Waals surface area contributed by atoms with Crippen molar-refractivity contribution in [2.45, 2.75) is 38.6 Å². The summed E-state index contributed by atoms with van der Waals surface area (Å²) in [6.45, 7) is 2.09. The number of hydrogen-bond acceptors (Lipinski definition) is 3. The molecule has 4 nitrogen and oxygen atoms in total. The molecule has 2 aromatic carbocycles. The van der Waals surface area contributed by atoms with E-state index < -0.39 is 0 Å². The van der Waals surface area contributed by atoms with E-state index >= 15 is 0 Å². The number of carbonyl (C=O) groups is 1. The largest absolute Gasteiger partial charge is 0.483 e. The molecule has 1 saturated carbocycles. The Kier molecular flexibility index (Phi) is 5.05. The Hall–Kier alpha value is -2.88. The maximum atomic E-state index is 12.2. The van der Waals surface area contributed by atoms with Crippen LogP contribution in [0.15, 0.2) is 54.6 Å². The molecule has 4 rings (SSSR count). The Morgan fingerprint density at radius 3 is 2.63 bits per heavy atom. The minimum absolute atomic E-state index is 0.0256. The van der Waals surface area contributed by atoms with E-state index in [2.05, 4.69) is 36.5 Å². The molecule has 0 saturated heterocycles. The van der Waals surface area contributed by atoms with Crippen molar-refractivity contribution < 1.29 is 9.53 Å². The average Bonchev–Trinajstić information content (AvgIpc) is 3.19. The van der Waals surface area contributed by atoms with Crippen molar-refractivity contribution in [1.82, 2.24) is 10.3 Å². The molecule has 27 heavy (non-hydrogen) atoms. The van der Waals surface area contributed by atoms with E-state index in [9.17, 15) is 4.79 Å². The summed E-state index contributed by atoms with van der Waals surface area (Å²) < 4.78 is 5.93. The third-order valence-electron chi connectivity index (χ3n) is 5.10. The number of nitrogens with zero attached hydrogens (tertiary/aromatic N) is 1. The fourth-order valence-electron chi connectivity index (χ4n) is 3.62. The number of aromatic nitrogens is 1. The van der Waals surface area contributed by atoms with E-state index in [4.69, 9.17) is 9.72 Å². The van der Waals surface area contributed by atoms with Gasteiger partial charge in [-0.1, -0.05) is 54.8 Å². The molecule has 0 atom stereocenters. The minimum Gasteiger partial charge on any atom is -0.483 e. The lowest BCUT2D eigenvalue weighted by Crippen LogP contribution is -2.36. The summed E-state index contributed by atoms with van der Waals surface area (Å²) in [7, 11) is 0. The number of hydrogen-bond donors (Lipinski definition) is 1. The fourth-order valence-corrected chi connectivity index (χ4v) is 3.62. The molecule has 1 fully saturated rings. The van der Waals surface area contributed by atoms with Gasteiger partial charge in [-0.2, -0.15) is 0 Å². The lowest BCUT2D eigenvalue weighted by Gasteiger charge is -2.14. The first-order chi connectivity index (χ1) is 13.2. The molecule has 3 aromatic rings. The highest BCUT2D eigenvalue weighted by Crippen LogP contribution is 2.30. The van der Waals surface area contributed by atoms with Gasteiger partial charge in [0.15, 0.2) is 6.61 Å². The zero-order chi connectivity index (χ0) is 18.6. The van der Waals surface area contributed by atoms with Gasteiger partial charge >= 0.3 is 0 Å². The molecule has 1 aliphatic rings.